The Kier molecular flexibility index (Phi) is 4.50. The predicted octanol–water partition coefficient (Wildman–Crippen LogP) is 2.03. The van der Waals surface area contributed by atoms with E-state index in [0.717, 1.165) is 12.0 Å². The molecule has 16 heavy (non-hydrogen) atoms. The van der Waals surface area contributed by atoms with Crippen molar-refractivity contribution in [1.82, 2.24) is 5.32 Å². The van der Waals surface area contributed by atoms with E-state index in [9.17, 15) is 4.79 Å². The summed E-state index contributed by atoms with van der Waals surface area (Å²) < 4.78 is 0. The number of rotatable bonds is 5. The van der Waals surface area contributed by atoms with Gasteiger partial charge >= 0.3 is 5.97 Å². The van der Waals surface area contributed by atoms with Gasteiger partial charge < -0.3 is 10.4 Å². The van der Waals surface area contributed by atoms with Crippen LogP contribution in [-0.2, 0) is 11.2 Å². The zero-order valence-electron chi connectivity index (χ0n) is 10.0. The maximum absolute atomic E-state index is 10.8. The molecule has 2 N–H and O–H groups in total. The molecule has 3 heteroatoms. The van der Waals surface area contributed by atoms with Crippen molar-refractivity contribution in [2.75, 3.05) is 7.05 Å². The van der Waals surface area contributed by atoms with Gasteiger partial charge in [0.25, 0.3) is 0 Å². The molecule has 1 rings (SSSR count). The van der Waals surface area contributed by atoms with Crippen LogP contribution >= 0.6 is 0 Å². The largest absolute Gasteiger partial charge is 0.481 e. The average Bonchev–Trinajstić information content (AvgIpc) is 2.28. The third-order valence-corrected chi connectivity index (χ3v) is 2.88. The van der Waals surface area contributed by atoms with Crippen LogP contribution in [0.2, 0.25) is 0 Å². The second kappa shape index (κ2) is 5.66. The molecular formula is C13H19NO2. The maximum atomic E-state index is 10.8. The number of carbonyl (C=O) groups is 1. The van der Waals surface area contributed by atoms with Crippen LogP contribution in [0.1, 0.15) is 30.9 Å². The zero-order valence-corrected chi connectivity index (χ0v) is 10.0. The molecule has 0 aliphatic carbocycles. The van der Waals surface area contributed by atoms with Crippen molar-refractivity contribution in [2.45, 2.75) is 32.2 Å². The number of benzene rings is 1. The molecule has 0 aromatic heterocycles. The Morgan fingerprint density at radius 3 is 2.31 bits per heavy atom. The van der Waals surface area contributed by atoms with Crippen LogP contribution in [0.25, 0.3) is 0 Å². The Morgan fingerprint density at radius 1 is 1.31 bits per heavy atom. The summed E-state index contributed by atoms with van der Waals surface area (Å²) in [5, 5.41) is 12.1. The first-order valence-corrected chi connectivity index (χ1v) is 5.53. The summed E-state index contributed by atoms with van der Waals surface area (Å²) in [6.45, 7) is 3.82. The second-order valence-electron chi connectivity index (χ2n) is 4.20. The zero-order chi connectivity index (χ0) is 12.1. The molecule has 0 saturated carbocycles. The molecule has 0 radical (unpaired) electrons. The van der Waals surface area contributed by atoms with Crippen molar-refractivity contribution in [3.8, 4) is 0 Å². The maximum Gasteiger partial charge on any atom is 0.310 e. The number of likely N-dealkylation sites (N-methyl/N-ethyl adjacent to an activating group) is 1. The Balaban J connectivity index is 2.71. The van der Waals surface area contributed by atoms with Crippen LogP contribution in [0.3, 0.4) is 0 Å². The quantitative estimate of drug-likeness (QED) is 0.799. The lowest BCUT2D eigenvalue weighted by Crippen LogP contribution is -2.23. The van der Waals surface area contributed by atoms with Gasteiger partial charge in [0.2, 0.25) is 0 Å². The monoisotopic (exact) mass is 221 g/mol. The van der Waals surface area contributed by atoms with Gasteiger partial charge in [-0.1, -0.05) is 24.3 Å². The Bertz CT molecular complexity index is 345. The summed E-state index contributed by atoms with van der Waals surface area (Å²) in [6, 6.07) is 8.24. The van der Waals surface area contributed by atoms with Crippen molar-refractivity contribution in [2.24, 2.45) is 0 Å². The fourth-order valence-electron chi connectivity index (χ4n) is 1.54. The Morgan fingerprint density at radius 2 is 1.88 bits per heavy atom. The highest BCUT2D eigenvalue weighted by Gasteiger charge is 2.13. The molecule has 0 saturated heterocycles. The topological polar surface area (TPSA) is 49.3 Å². The van der Waals surface area contributed by atoms with Gasteiger partial charge in [0.15, 0.2) is 0 Å². The van der Waals surface area contributed by atoms with E-state index in [0.29, 0.717) is 6.04 Å². The van der Waals surface area contributed by atoms with E-state index < -0.39 is 11.9 Å². The summed E-state index contributed by atoms with van der Waals surface area (Å²) >= 11 is 0. The number of nitrogens with one attached hydrogen (secondary N) is 1. The summed E-state index contributed by atoms with van der Waals surface area (Å²) in [6.07, 6.45) is 0.957. The van der Waals surface area contributed by atoms with Crippen LogP contribution in [0.5, 0.6) is 0 Å². The van der Waals surface area contributed by atoms with Crippen LogP contribution in [0.15, 0.2) is 24.3 Å². The van der Waals surface area contributed by atoms with Crippen molar-refractivity contribution in [1.29, 1.82) is 0 Å². The highest BCUT2D eigenvalue weighted by atomic mass is 16.4. The van der Waals surface area contributed by atoms with Gasteiger partial charge in [0, 0.05) is 6.04 Å². The third kappa shape index (κ3) is 3.35. The van der Waals surface area contributed by atoms with Crippen LogP contribution in [-0.4, -0.2) is 24.2 Å². The lowest BCUT2D eigenvalue weighted by molar-refractivity contribution is -0.138. The molecule has 2 unspecified atom stereocenters. The molecule has 3 nitrogen and oxygen atoms in total. The first-order chi connectivity index (χ1) is 7.54. The van der Waals surface area contributed by atoms with E-state index in [4.69, 9.17) is 5.11 Å². The number of hydrogen-bond acceptors (Lipinski definition) is 2. The Labute approximate surface area is 96.5 Å². The molecule has 0 spiro atoms. The minimum absolute atomic E-state index is 0.433. The standard InChI is InChI=1S/C13H19NO2/c1-9(14-3)8-11-4-6-12(7-5-11)10(2)13(15)16/h4-7,9-10,14H,8H2,1-3H3,(H,15,16). The van der Waals surface area contributed by atoms with Crippen LogP contribution in [0, 0.1) is 0 Å². The van der Waals surface area contributed by atoms with E-state index in [-0.39, 0.29) is 0 Å². The van der Waals surface area contributed by atoms with E-state index in [2.05, 4.69) is 12.2 Å². The van der Waals surface area contributed by atoms with E-state index in [1.54, 1.807) is 6.92 Å². The molecule has 0 aliphatic rings. The molecule has 1 aromatic rings. The van der Waals surface area contributed by atoms with Gasteiger partial charge in [-0.15, -0.1) is 0 Å². The summed E-state index contributed by atoms with van der Waals surface area (Å²) in [4.78, 5) is 10.8. The van der Waals surface area contributed by atoms with Gasteiger partial charge in [-0.2, -0.15) is 0 Å². The first kappa shape index (κ1) is 12.7. The molecule has 0 heterocycles. The van der Waals surface area contributed by atoms with Gasteiger partial charge in [0.05, 0.1) is 5.92 Å². The van der Waals surface area contributed by atoms with E-state index in [1.807, 2.05) is 31.3 Å². The van der Waals surface area contributed by atoms with Gasteiger partial charge in [-0.05, 0) is 38.4 Å². The van der Waals surface area contributed by atoms with Crippen LogP contribution in [0.4, 0.5) is 0 Å². The van der Waals surface area contributed by atoms with Crippen molar-refractivity contribution in [3.05, 3.63) is 35.4 Å². The molecule has 0 bridgehead atoms. The summed E-state index contributed by atoms with van der Waals surface area (Å²) in [5.74, 6) is -1.22. The molecule has 2 atom stereocenters. The fourth-order valence-corrected chi connectivity index (χ4v) is 1.54. The number of carboxylic acids is 1. The molecule has 0 fully saturated rings. The van der Waals surface area contributed by atoms with E-state index in [1.165, 1.54) is 5.56 Å². The first-order valence-electron chi connectivity index (χ1n) is 5.53. The summed E-state index contributed by atoms with van der Waals surface area (Å²) in [5.41, 5.74) is 2.08. The SMILES string of the molecule is CNC(C)Cc1ccc(C(C)C(=O)O)cc1. The molecule has 0 amide bonds. The highest BCUT2D eigenvalue weighted by molar-refractivity contribution is 5.75. The fraction of sp³-hybridized carbons (Fsp3) is 0.462. The number of aliphatic carboxylic acids is 1. The van der Waals surface area contributed by atoms with Gasteiger partial charge in [-0.25, -0.2) is 0 Å². The normalized spacial score (nSPS) is 14.4. The summed E-state index contributed by atoms with van der Waals surface area (Å²) in [7, 11) is 1.94. The minimum Gasteiger partial charge on any atom is -0.481 e. The molecular weight excluding hydrogens is 202 g/mol. The van der Waals surface area contributed by atoms with Crippen molar-refractivity contribution >= 4 is 5.97 Å². The molecule has 0 aliphatic heterocycles. The lowest BCUT2D eigenvalue weighted by Gasteiger charge is -2.11. The minimum atomic E-state index is -0.781. The Hall–Kier alpha value is -1.35. The van der Waals surface area contributed by atoms with Gasteiger partial charge in [0.1, 0.15) is 0 Å². The predicted molar refractivity (Wildman–Crippen MR) is 64.7 cm³/mol. The third-order valence-electron chi connectivity index (χ3n) is 2.88. The van der Waals surface area contributed by atoms with Crippen molar-refractivity contribution < 1.29 is 9.90 Å². The number of carboxylic acid groups (broad SMARTS) is 1. The smallest absolute Gasteiger partial charge is 0.310 e. The van der Waals surface area contributed by atoms with E-state index >= 15 is 0 Å². The highest BCUT2D eigenvalue weighted by Crippen LogP contribution is 2.16. The van der Waals surface area contributed by atoms with Gasteiger partial charge in [-0.3, -0.25) is 4.79 Å². The van der Waals surface area contributed by atoms with Crippen molar-refractivity contribution in [3.63, 3.8) is 0 Å². The van der Waals surface area contributed by atoms with Crippen LogP contribution < -0.4 is 5.32 Å². The lowest BCUT2D eigenvalue weighted by atomic mass is 9.98. The second-order valence-corrected chi connectivity index (χ2v) is 4.20. The molecule has 88 valence electrons. The number of hydrogen-bond donors (Lipinski definition) is 2. The molecule has 1 aromatic carbocycles. The average molecular weight is 221 g/mol.